The third-order valence-electron chi connectivity index (χ3n) is 5.56. The van der Waals surface area contributed by atoms with Crippen LogP contribution in [0.25, 0.3) is 22.0 Å². The molecule has 0 saturated heterocycles. The molecular weight excluding hydrogens is 434 g/mol. The third kappa shape index (κ3) is 3.93. The molecule has 1 amide bonds. The van der Waals surface area contributed by atoms with Crippen molar-refractivity contribution in [3.05, 3.63) is 52.1 Å². The maximum Gasteiger partial charge on any atom is 0.306 e. The Morgan fingerprint density at radius 2 is 1.94 bits per heavy atom. The van der Waals surface area contributed by atoms with E-state index < -0.39 is 15.8 Å². The SMILES string of the molecule is COC(=O)CCC(=O)N1Cc2c[nH]c3c(=O)n(C)cc(c23)-c2cc(CS(C)(=O)=O)ccc21. The third-order valence-corrected chi connectivity index (χ3v) is 6.42. The van der Waals surface area contributed by atoms with Gasteiger partial charge >= 0.3 is 5.97 Å². The number of aryl methyl sites for hydroxylation is 1. The average Bonchev–Trinajstić information content (AvgIpc) is 3.10. The zero-order chi connectivity index (χ0) is 23.2. The van der Waals surface area contributed by atoms with Crippen LogP contribution in [0, 0.1) is 0 Å². The molecule has 10 heteroatoms. The van der Waals surface area contributed by atoms with E-state index in [9.17, 15) is 22.8 Å². The van der Waals surface area contributed by atoms with Gasteiger partial charge in [0, 0.05) is 48.6 Å². The molecule has 3 heterocycles. The second kappa shape index (κ2) is 7.94. The second-order valence-electron chi connectivity index (χ2n) is 8.00. The van der Waals surface area contributed by atoms with Gasteiger partial charge in [-0.2, -0.15) is 0 Å². The molecule has 0 radical (unpaired) electrons. The number of hydrogen-bond acceptors (Lipinski definition) is 6. The van der Waals surface area contributed by atoms with Crippen molar-refractivity contribution in [1.29, 1.82) is 0 Å². The standard InChI is InChI=1S/C22H23N3O6S/c1-24-11-16-15-8-13(12-32(3,29)30)4-5-17(15)25(18(26)6-7-19(27)31-2)10-14-9-23-21(20(14)16)22(24)28/h4-5,8-9,11,23H,6-7,10,12H2,1-3H3. The summed E-state index contributed by atoms with van der Waals surface area (Å²) in [5, 5.41) is 0.703. The first-order valence-corrected chi connectivity index (χ1v) is 12.0. The molecular formula is C22H23N3O6S. The number of rotatable bonds is 5. The number of nitrogens with one attached hydrogen (secondary N) is 1. The summed E-state index contributed by atoms with van der Waals surface area (Å²) in [6.45, 7) is 0.207. The van der Waals surface area contributed by atoms with Gasteiger partial charge in [0.05, 0.1) is 31.5 Å². The normalized spacial score (nSPS) is 13.0. The molecule has 1 aliphatic heterocycles. The van der Waals surface area contributed by atoms with Crippen LogP contribution in [0.15, 0.2) is 35.4 Å². The highest BCUT2D eigenvalue weighted by atomic mass is 32.2. The lowest BCUT2D eigenvalue weighted by atomic mass is 9.99. The molecule has 168 valence electrons. The number of aromatic amines is 1. The number of pyridine rings is 1. The van der Waals surface area contributed by atoms with E-state index in [-0.39, 0.29) is 36.6 Å². The minimum absolute atomic E-state index is 0.0400. The average molecular weight is 458 g/mol. The summed E-state index contributed by atoms with van der Waals surface area (Å²) in [5.41, 5.74) is 3.53. The first kappa shape index (κ1) is 21.8. The fourth-order valence-electron chi connectivity index (χ4n) is 4.11. The number of fused-ring (bicyclic) bond motifs is 2. The van der Waals surface area contributed by atoms with Crippen molar-refractivity contribution in [3.8, 4) is 11.1 Å². The summed E-state index contributed by atoms with van der Waals surface area (Å²) in [6.07, 6.45) is 4.48. The Balaban J connectivity index is 1.92. The fourth-order valence-corrected chi connectivity index (χ4v) is 4.90. The summed E-state index contributed by atoms with van der Waals surface area (Å²) in [4.78, 5) is 41.9. The Hall–Kier alpha value is -3.40. The van der Waals surface area contributed by atoms with Crippen molar-refractivity contribution in [2.75, 3.05) is 18.3 Å². The molecule has 0 saturated carbocycles. The number of amides is 1. The highest BCUT2D eigenvalue weighted by Crippen LogP contribution is 2.41. The van der Waals surface area contributed by atoms with Crippen molar-refractivity contribution in [3.63, 3.8) is 0 Å². The molecule has 0 bridgehead atoms. The van der Waals surface area contributed by atoms with Crippen molar-refractivity contribution in [2.24, 2.45) is 7.05 Å². The van der Waals surface area contributed by atoms with Gasteiger partial charge < -0.3 is 19.2 Å². The summed E-state index contributed by atoms with van der Waals surface area (Å²) >= 11 is 0. The number of anilines is 1. The number of benzene rings is 1. The Morgan fingerprint density at radius 3 is 2.62 bits per heavy atom. The van der Waals surface area contributed by atoms with Crippen LogP contribution in [-0.4, -0.2) is 43.2 Å². The zero-order valence-electron chi connectivity index (χ0n) is 18.0. The van der Waals surface area contributed by atoms with E-state index in [2.05, 4.69) is 9.72 Å². The van der Waals surface area contributed by atoms with Gasteiger partial charge in [-0.3, -0.25) is 14.4 Å². The minimum Gasteiger partial charge on any atom is -0.469 e. The number of hydrogen-bond donors (Lipinski definition) is 1. The van der Waals surface area contributed by atoms with Gasteiger partial charge in [-0.25, -0.2) is 8.42 Å². The Labute approximate surface area is 184 Å². The van der Waals surface area contributed by atoms with E-state index in [1.807, 2.05) is 0 Å². The summed E-state index contributed by atoms with van der Waals surface area (Å²) in [6, 6.07) is 5.15. The number of carbonyl (C=O) groups excluding carboxylic acids is 2. The lowest BCUT2D eigenvalue weighted by Gasteiger charge is -2.24. The Kier molecular flexibility index (Phi) is 5.41. The number of esters is 1. The quantitative estimate of drug-likeness (QED) is 0.585. The van der Waals surface area contributed by atoms with Crippen LogP contribution in [0.2, 0.25) is 0 Å². The van der Waals surface area contributed by atoms with E-state index in [1.54, 1.807) is 42.5 Å². The molecule has 2 aromatic heterocycles. The highest BCUT2D eigenvalue weighted by molar-refractivity contribution is 7.89. The largest absolute Gasteiger partial charge is 0.469 e. The van der Waals surface area contributed by atoms with E-state index >= 15 is 0 Å². The van der Waals surface area contributed by atoms with Crippen LogP contribution in [0.4, 0.5) is 5.69 Å². The van der Waals surface area contributed by atoms with E-state index in [1.165, 1.54) is 11.7 Å². The number of H-pyrrole nitrogens is 1. The molecule has 0 fully saturated rings. The maximum atomic E-state index is 13.1. The minimum atomic E-state index is -3.27. The van der Waals surface area contributed by atoms with Gasteiger partial charge in [0.2, 0.25) is 5.91 Å². The smallest absolute Gasteiger partial charge is 0.306 e. The molecule has 0 unspecified atom stereocenters. The van der Waals surface area contributed by atoms with Crippen LogP contribution < -0.4 is 10.5 Å². The molecule has 1 N–H and O–H groups in total. The fraction of sp³-hybridized carbons (Fsp3) is 0.318. The van der Waals surface area contributed by atoms with Gasteiger partial charge in [0.15, 0.2) is 9.84 Å². The zero-order valence-corrected chi connectivity index (χ0v) is 18.8. The van der Waals surface area contributed by atoms with Crippen LogP contribution >= 0.6 is 0 Å². The van der Waals surface area contributed by atoms with E-state index in [4.69, 9.17) is 0 Å². The van der Waals surface area contributed by atoms with E-state index in [0.29, 0.717) is 27.7 Å². The maximum absolute atomic E-state index is 13.1. The molecule has 0 atom stereocenters. The number of carbonyl (C=O) groups is 2. The molecule has 9 nitrogen and oxygen atoms in total. The predicted octanol–water partition coefficient (Wildman–Crippen LogP) is 1.88. The van der Waals surface area contributed by atoms with Gasteiger partial charge in [0.25, 0.3) is 5.56 Å². The van der Waals surface area contributed by atoms with Crippen molar-refractivity contribution in [2.45, 2.75) is 25.1 Å². The van der Waals surface area contributed by atoms with Crippen molar-refractivity contribution >= 4 is 38.3 Å². The highest BCUT2D eigenvalue weighted by Gasteiger charge is 2.28. The van der Waals surface area contributed by atoms with Gasteiger partial charge in [-0.15, -0.1) is 0 Å². The number of aromatic nitrogens is 2. The Bertz CT molecular complexity index is 1420. The molecule has 32 heavy (non-hydrogen) atoms. The monoisotopic (exact) mass is 457 g/mol. The van der Waals surface area contributed by atoms with Gasteiger partial charge in [-0.05, 0) is 23.3 Å². The number of sulfone groups is 1. The molecule has 0 aliphatic carbocycles. The number of ether oxygens (including phenoxy) is 1. The predicted molar refractivity (Wildman–Crippen MR) is 120 cm³/mol. The summed E-state index contributed by atoms with van der Waals surface area (Å²) in [7, 11) is -0.363. The Morgan fingerprint density at radius 1 is 1.19 bits per heavy atom. The van der Waals surface area contributed by atoms with Crippen LogP contribution in [0.3, 0.4) is 0 Å². The molecule has 0 spiro atoms. The molecule has 4 rings (SSSR count). The van der Waals surface area contributed by atoms with Crippen molar-refractivity contribution in [1.82, 2.24) is 9.55 Å². The second-order valence-corrected chi connectivity index (χ2v) is 10.1. The number of nitrogens with zero attached hydrogens (tertiary/aromatic N) is 2. The topological polar surface area (TPSA) is 119 Å². The summed E-state index contributed by atoms with van der Waals surface area (Å²) < 4.78 is 29.9. The summed E-state index contributed by atoms with van der Waals surface area (Å²) in [5.74, 6) is -0.903. The van der Waals surface area contributed by atoms with E-state index in [0.717, 1.165) is 17.4 Å². The van der Waals surface area contributed by atoms with Crippen LogP contribution in [0.1, 0.15) is 24.0 Å². The van der Waals surface area contributed by atoms with Gasteiger partial charge in [-0.1, -0.05) is 6.07 Å². The number of methoxy groups -OCH3 is 1. The molecule has 1 aliphatic rings. The first-order chi connectivity index (χ1) is 15.1. The van der Waals surface area contributed by atoms with Crippen LogP contribution in [0.5, 0.6) is 0 Å². The van der Waals surface area contributed by atoms with Crippen LogP contribution in [-0.2, 0) is 43.5 Å². The lowest BCUT2D eigenvalue weighted by Crippen LogP contribution is -2.30. The lowest BCUT2D eigenvalue weighted by molar-refractivity contribution is -0.141. The van der Waals surface area contributed by atoms with Crippen molar-refractivity contribution < 1.29 is 22.7 Å². The first-order valence-electron chi connectivity index (χ1n) is 9.97. The van der Waals surface area contributed by atoms with Gasteiger partial charge in [0.1, 0.15) is 5.52 Å². The molecule has 1 aromatic carbocycles. The molecule has 3 aromatic rings.